The molecular weight excluding hydrogens is 244 g/mol. The lowest BCUT2D eigenvalue weighted by atomic mass is 10.2. The van der Waals surface area contributed by atoms with E-state index in [0.29, 0.717) is 25.9 Å². The van der Waals surface area contributed by atoms with Crippen molar-refractivity contribution in [3.8, 4) is 0 Å². The van der Waals surface area contributed by atoms with Crippen LogP contribution in [0.3, 0.4) is 0 Å². The van der Waals surface area contributed by atoms with Gasteiger partial charge in [0.2, 0.25) is 0 Å². The molecule has 0 saturated carbocycles. The summed E-state index contributed by atoms with van der Waals surface area (Å²) in [5.41, 5.74) is 0. The Labute approximate surface area is 101 Å². The molecule has 0 aliphatic carbocycles. The summed E-state index contributed by atoms with van der Waals surface area (Å²) >= 11 is 0. The lowest BCUT2D eigenvalue weighted by Gasteiger charge is -2.29. The van der Waals surface area contributed by atoms with Gasteiger partial charge in [0.15, 0.2) is 0 Å². The molecule has 2 atom stereocenters. The van der Waals surface area contributed by atoms with Crippen molar-refractivity contribution >= 4 is 16.2 Å². The fourth-order valence-electron chi connectivity index (χ4n) is 2.65. The Morgan fingerprint density at radius 3 is 2.29 bits per heavy atom. The molecule has 2 aliphatic rings. The Bertz CT molecular complexity index is 409. The number of hydrogen-bond acceptors (Lipinski definition) is 3. The van der Waals surface area contributed by atoms with Gasteiger partial charge in [-0.1, -0.05) is 0 Å². The molecule has 2 aliphatic heterocycles. The van der Waals surface area contributed by atoms with Gasteiger partial charge in [-0.2, -0.15) is 17.0 Å². The molecule has 0 amide bonds. The first kappa shape index (κ1) is 12.8. The van der Waals surface area contributed by atoms with Gasteiger partial charge in [0.05, 0.1) is 0 Å². The number of hydrogen-bond donors (Lipinski definition) is 1. The molecule has 1 unspecified atom stereocenters. The first-order valence-electron chi connectivity index (χ1n) is 5.96. The van der Waals surface area contributed by atoms with Crippen LogP contribution < -0.4 is 0 Å². The van der Waals surface area contributed by atoms with Crippen molar-refractivity contribution < 1.29 is 18.3 Å². The van der Waals surface area contributed by atoms with E-state index in [-0.39, 0.29) is 6.04 Å². The van der Waals surface area contributed by atoms with E-state index in [1.54, 1.807) is 0 Å². The van der Waals surface area contributed by atoms with Crippen LogP contribution in [-0.4, -0.2) is 53.3 Å². The van der Waals surface area contributed by atoms with Gasteiger partial charge in [0, 0.05) is 19.1 Å². The maximum Gasteiger partial charge on any atom is 0.322 e. The van der Waals surface area contributed by atoms with Crippen LogP contribution in [0.4, 0.5) is 0 Å². The fourth-order valence-corrected chi connectivity index (χ4v) is 4.71. The zero-order valence-electron chi connectivity index (χ0n) is 9.87. The number of rotatable bonds is 3. The molecule has 2 rings (SSSR count). The molecule has 0 spiro atoms. The van der Waals surface area contributed by atoms with E-state index < -0.39 is 22.2 Å². The average Bonchev–Trinajstić information content (AvgIpc) is 2.84. The van der Waals surface area contributed by atoms with Crippen molar-refractivity contribution in [3.05, 3.63) is 0 Å². The third-order valence-electron chi connectivity index (χ3n) is 3.57. The Kier molecular flexibility index (Phi) is 3.42. The van der Waals surface area contributed by atoms with E-state index in [4.69, 9.17) is 5.11 Å². The highest BCUT2D eigenvalue weighted by Gasteiger charge is 2.43. The first-order valence-corrected chi connectivity index (χ1v) is 7.35. The van der Waals surface area contributed by atoms with Crippen LogP contribution in [0, 0.1) is 0 Å². The molecule has 7 heteroatoms. The molecule has 0 aromatic carbocycles. The van der Waals surface area contributed by atoms with E-state index in [1.807, 2.05) is 6.92 Å². The number of nitrogens with zero attached hydrogens (tertiary/aromatic N) is 2. The molecule has 2 saturated heterocycles. The van der Waals surface area contributed by atoms with Crippen molar-refractivity contribution in [2.24, 2.45) is 0 Å². The molecule has 6 nitrogen and oxygen atoms in total. The second kappa shape index (κ2) is 4.55. The normalized spacial score (nSPS) is 32.1. The minimum absolute atomic E-state index is 0.0185. The van der Waals surface area contributed by atoms with E-state index >= 15 is 0 Å². The summed E-state index contributed by atoms with van der Waals surface area (Å²) < 4.78 is 27.3. The summed E-state index contributed by atoms with van der Waals surface area (Å²) in [4.78, 5) is 11.0. The van der Waals surface area contributed by atoms with Crippen LogP contribution in [0.25, 0.3) is 0 Å². The Balaban J connectivity index is 2.23. The van der Waals surface area contributed by atoms with E-state index in [0.717, 1.165) is 17.1 Å². The second-order valence-corrected chi connectivity index (χ2v) is 6.55. The van der Waals surface area contributed by atoms with Crippen molar-refractivity contribution in [1.29, 1.82) is 0 Å². The number of carbonyl (C=O) groups is 1. The minimum Gasteiger partial charge on any atom is -0.480 e. The standard InChI is InChI=1S/C10H18N2O4S/c1-8-4-2-6-11(8)17(15,16)12-7-3-5-9(12)10(13)14/h8-9H,2-7H2,1H3,(H,13,14)/t8?,9-/m1/s1. The largest absolute Gasteiger partial charge is 0.480 e. The van der Waals surface area contributed by atoms with Crippen molar-refractivity contribution in [2.45, 2.75) is 44.7 Å². The summed E-state index contributed by atoms with van der Waals surface area (Å²) in [6.45, 7) is 2.70. The Hall–Kier alpha value is -0.660. The SMILES string of the molecule is CC1CCCN1S(=O)(=O)N1CCC[C@@H]1C(=O)O. The number of aliphatic carboxylic acids is 1. The molecule has 2 heterocycles. The number of carboxylic acid groups (broad SMARTS) is 1. The lowest BCUT2D eigenvalue weighted by Crippen LogP contribution is -2.49. The van der Waals surface area contributed by atoms with Gasteiger partial charge in [0.25, 0.3) is 10.2 Å². The molecular formula is C10H18N2O4S. The molecule has 2 fully saturated rings. The smallest absolute Gasteiger partial charge is 0.322 e. The topological polar surface area (TPSA) is 77.9 Å². The van der Waals surface area contributed by atoms with Gasteiger partial charge in [-0.25, -0.2) is 0 Å². The highest BCUT2D eigenvalue weighted by molar-refractivity contribution is 7.86. The van der Waals surface area contributed by atoms with Gasteiger partial charge in [-0.15, -0.1) is 0 Å². The molecule has 0 radical (unpaired) electrons. The Morgan fingerprint density at radius 1 is 1.18 bits per heavy atom. The number of carboxylic acids is 1. The monoisotopic (exact) mass is 262 g/mol. The van der Waals surface area contributed by atoms with Crippen molar-refractivity contribution in [2.75, 3.05) is 13.1 Å². The zero-order valence-corrected chi connectivity index (χ0v) is 10.7. The Morgan fingerprint density at radius 2 is 1.76 bits per heavy atom. The van der Waals surface area contributed by atoms with Gasteiger partial charge >= 0.3 is 5.97 Å². The fraction of sp³-hybridized carbons (Fsp3) is 0.900. The van der Waals surface area contributed by atoms with Gasteiger partial charge in [0.1, 0.15) is 6.04 Å². The summed E-state index contributed by atoms with van der Waals surface area (Å²) in [5.74, 6) is -1.04. The highest BCUT2D eigenvalue weighted by Crippen LogP contribution is 2.28. The summed E-state index contributed by atoms with van der Waals surface area (Å²) in [6, 6.07) is -0.900. The maximum atomic E-state index is 12.3. The van der Waals surface area contributed by atoms with Crippen molar-refractivity contribution in [1.82, 2.24) is 8.61 Å². The van der Waals surface area contributed by atoms with E-state index in [9.17, 15) is 13.2 Å². The zero-order chi connectivity index (χ0) is 12.6. The molecule has 0 aromatic heterocycles. The predicted octanol–water partition coefficient (Wildman–Crippen LogP) is 0.264. The summed E-state index contributed by atoms with van der Waals surface area (Å²) in [5, 5.41) is 9.03. The molecule has 1 N–H and O–H groups in total. The van der Waals surface area contributed by atoms with Crippen LogP contribution in [0.15, 0.2) is 0 Å². The molecule has 17 heavy (non-hydrogen) atoms. The molecule has 0 bridgehead atoms. The van der Waals surface area contributed by atoms with Crippen molar-refractivity contribution in [3.63, 3.8) is 0 Å². The third-order valence-corrected chi connectivity index (χ3v) is 5.74. The van der Waals surface area contributed by atoms with Crippen LogP contribution in [0.2, 0.25) is 0 Å². The third kappa shape index (κ3) is 2.19. The lowest BCUT2D eigenvalue weighted by molar-refractivity contribution is -0.140. The van der Waals surface area contributed by atoms with Crippen LogP contribution in [0.5, 0.6) is 0 Å². The predicted molar refractivity (Wildman–Crippen MR) is 61.7 cm³/mol. The second-order valence-electron chi connectivity index (χ2n) is 4.72. The average molecular weight is 262 g/mol. The summed E-state index contributed by atoms with van der Waals surface area (Å²) in [7, 11) is -3.60. The summed E-state index contributed by atoms with van der Waals surface area (Å²) in [6.07, 6.45) is 2.74. The quantitative estimate of drug-likeness (QED) is 0.791. The van der Waals surface area contributed by atoms with Gasteiger partial charge < -0.3 is 5.11 Å². The maximum absolute atomic E-state index is 12.3. The van der Waals surface area contributed by atoms with Crippen LogP contribution >= 0.6 is 0 Å². The highest BCUT2D eigenvalue weighted by atomic mass is 32.2. The van der Waals surface area contributed by atoms with E-state index in [1.165, 1.54) is 4.31 Å². The van der Waals surface area contributed by atoms with E-state index in [2.05, 4.69) is 0 Å². The first-order chi connectivity index (χ1) is 7.94. The van der Waals surface area contributed by atoms with Gasteiger partial charge in [-0.05, 0) is 32.6 Å². The minimum atomic E-state index is -3.60. The van der Waals surface area contributed by atoms with Crippen LogP contribution in [-0.2, 0) is 15.0 Å². The molecule has 98 valence electrons. The molecule has 0 aromatic rings. The van der Waals surface area contributed by atoms with Crippen LogP contribution in [0.1, 0.15) is 32.6 Å². The van der Waals surface area contributed by atoms with Gasteiger partial charge in [-0.3, -0.25) is 4.79 Å².